The molecule has 29 heavy (non-hydrogen) atoms. The molecule has 0 aliphatic rings. The average molecular weight is 409 g/mol. The van der Waals surface area contributed by atoms with E-state index in [0.29, 0.717) is 28.4 Å². The van der Waals surface area contributed by atoms with Gasteiger partial charge in [-0.25, -0.2) is 9.67 Å². The van der Waals surface area contributed by atoms with Gasteiger partial charge in [-0.2, -0.15) is 5.10 Å². The van der Waals surface area contributed by atoms with E-state index in [1.165, 1.54) is 11.6 Å². The molecule has 0 aliphatic heterocycles. The third-order valence-corrected chi connectivity index (χ3v) is 4.63. The molecule has 2 aromatic heterocycles. The first-order valence-electron chi connectivity index (χ1n) is 9.02. The summed E-state index contributed by atoms with van der Waals surface area (Å²) in [6.45, 7) is 3.48. The van der Waals surface area contributed by atoms with E-state index in [1.54, 1.807) is 43.3 Å². The Morgan fingerprint density at radius 3 is 2.69 bits per heavy atom. The Morgan fingerprint density at radius 2 is 2.00 bits per heavy atom. The molecule has 0 fully saturated rings. The van der Waals surface area contributed by atoms with Gasteiger partial charge in [0.1, 0.15) is 11.2 Å². The number of nitrogens with one attached hydrogen (secondary N) is 1. The summed E-state index contributed by atoms with van der Waals surface area (Å²) >= 11 is 6.06. The number of hydrogen-bond donors (Lipinski definition) is 1. The number of oxazole rings is 1. The van der Waals surface area contributed by atoms with Crippen molar-refractivity contribution in [3.05, 3.63) is 69.5 Å². The second-order valence-electron chi connectivity index (χ2n) is 6.40. The van der Waals surface area contributed by atoms with Gasteiger partial charge in [-0.1, -0.05) is 29.8 Å². The van der Waals surface area contributed by atoms with E-state index in [2.05, 4.69) is 15.4 Å². The molecule has 0 saturated carbocycles. The zero-order valence-corrected chi connectivity index (χ0v) is 16.5. The maximum absolute atomic E-state index is 13.0. The van der Waals surface area contributed by atoms with Crippen molar-refractivity contribution in [2.75, 3.05) is 5.32 Å². The van der Waals surface area contributed by atoms with Crippen molar-refractivity contribution < 1.29 is 9.21 Å². The van der Waals surface area contributed by atoms with Crippen LogP contribution in [0, 0.1) is 0 Å². The van der Waals surface area contributed by atoms with Crippen LogP contribution in [0.15, 0.2) is 57.7 Å². The summed E-state index contributed by atoms with van der Waals surface area (Å²) in [4.78, 5) is 30.0. The number of aryl methyl sites for hydroxylation is 1. The fourth-order valence-corrected chi connectivity index (χ4v) is 3.27. The van der Waals surface area contributed by atoms with Gasteiger partial charge in [0.25, 0.3) is 5.56 Å². The molecule has 0 aliphatic carbocycles. The third kappa shape index (κ3) is 3.52. The third-order valence-electron chi connectivity index (χ3n) is 4.40. The molecule has 2 aromatic carbocycles. The lowest BCUT2D eigenvalue weighted by molar-refractivity contribution is 0.101. The van der Waals surface area contributed by atoms with E-state index in [4.69, 9.17) is 16.0 Å². The van der Waals surface area contributed by atoms with Crippen LogP contribution in [0.3, 0.4) is 0 Å². The summed E-state index contributed by atoms with van der Waals surface area (Å²) in [5.74, 6) is -0.160. The minimum Gasteiger partial charge on any atom is -0.435 e. The van der Waals surface area contributed by atoms with Crippen molar-refractivity contribution in [3.63, 3.8) is 0 Å². The van der Waals surface area contributed by atoms with Crippen LogP contribution >= 0.6 is 11.6 Å². The highest BCUT2D eigenvalue weighted by molar-refractivity contribution is 6.30. The van der Waals surface area contributed by atoms with Gasteiger partial charge >= 0.3 is 0 Å². The molecule has 4 aromatic rings. The van der Waals surface area contributed by atoms with Gasteiger partial charge in [-0.05, 0) is 44.2 Å². The number of ketones is 1. The highest BCUT2D eigenvalue weighted by Gasteiger charge is 2.25. The smallest absolute Gasteiger partial charge is 0.291 e. The van der Waals surface area contributed by atoms with Crippen LogP contribution in [0.5, 0.6) is 0 Å². The normalized spacial score (nSPS) is 11.0. The van der Waals surface area contributed by atoms with Gasteiger partial charge < -0.3 is 9.73 Å². The number of anilines is 2. The zero-order chi connectivity index (χ0) is 20.5. The minimum atomic E-state index is -0.419. The molecule has 7 nitrogen and oxygen atoms in total. The average Bonchev–Trinajstić information content (AvgIpc) is 3.13. The Bertz CT molecular complexity index is 1260. The second-order valence-corrected chi connectivity index (χ2v) is 6.83. The topological polar surface area (TPSA) is 90.0 Å². The molecule has 0 atom stereocenters. The predicted octanol–water partition coefficient (Wildman–Crippen LogP) is 4.67. The van der Waals surface area contributed by atoms with Gasteiger partial charge in [0.15, 0.2) is 17.1 Å². The lowest BCUT2D eigenvalue weighted by Crippen LogP contribution is -2.28. The maximum Gasteiger partial charge on any atom is 0.291 e. The molecule has 0 radical (unpaired) electrons. The minimum absolute atomic E-state index is 0.105. The summed E-state index contributed by atoms with van der Waals surface area (Å²) in [5.41, 5.74) is 1.79. The van der Waals surface area contributed by atoms with Crippen LogP contribution in [0.1, 0.15) is 24.2 Å². The monoisotopic (exact) mass is 408 g/mol. The van der Waals surface area contributed by atoms with Crippen LogP contribution in [0.4, 0.5) is 11.4 Å². The predicted molar refractivity (Wildman–Crippen MR) is 112 cm³/mol. The molecule has 8 heteroatoms. The Kier molecular flexibility index (Phi) is 4.90. The number of benzene rings is 2. The van der Waals surface area contributed by atoms with Crippen molar-refractivity contribution in [2.24, 2.45) is 0 Å². The van der Waals surface area contributed by atoms with Gasteiger partial charge in [-0.15, -0.1) is 0 Å². The number of carbonyl (C=O) groups is 1. The number of fused-ring (bicyclic) bond motifs is 1. The Labute approximate surface area is 170 Å². The van der Waals surface area contributed by atoms with Crippen molar-refractivity contribution in [3.8, 4) is 11.6 Å². The van der Waals surface area contributed by atoms with Crippen LogP contribution < -0.4 is 10.9 Å². The molecule has 0 unspecified atom stereocenters. The molecular formula is C21H17ClN4O3. The Balaban J connectivity index is 1.98. The molecule has 0 saturated heterocycles. The van der Waals surface area contributed by atoms with Crippen LogP contribution in [-0.2, 0) is 6.54 Å². The second kappa shape index (κ2) is 7.52. The van der Waals surface area contributed by atoms with Crippen LogP contribution in [0.25, 0.3) is 22.7 Å². The van der Waals surface area contributed by atoms with Gasteiger partial charge in [0.2, 0.25) is 5.89 Å². The van der Waals surface area contributed by atoms with Gasteiger partial charge in [0, 0.05) is 17.3 Å². The van der Waals surface area contributed by atoms with E-state index in [1.807, 2.05) is 12.1 Å². The summed E-state index contributed by atoms with van der Waals surface area (Å²) in [6, 6.07) is 14.1. The van der Waals surface area contributed by atoms with Crippen molar-refractivity contribution in [1.82, 2.24) is 14.8 Å². The SMILES string of the molecule is CCn1nc(-c2nc3ccccc3o2)c(C(C)=O)c(Nc2cccc(Cl)c2)c1=O. The zero-order valence-electron chi connectivity index (χ0n) is 15.8. The van der Waals surface area contributed by atoms with Gasteiger partial charge in [0.05, 0.1) is 5.56 Å². The lowest BCUT2D eigenvalue weighted by Gasteiger charge is -2.14. The summed E-state index contributed by atoms with van der Waals surface area (Å²) in [6.07, 6.45) is 0. The number of nitrogens with zero attached hydrogens (tertiary/aromatic N) is 3. The first kappa shape index (κ1) is 18.9. The number of Topliss-reactive ketones (excluding diaryl/α,β-unsaturated/α-hetero) is 1. The molecule has 0 bridgehead atoms. The molecule has 146 valence electrons. The van der Waals surface area contributed by atoms with E-state index in [0.717, 1.165) is 0 Å². The molecule has 1 N–H and O–H groups in total. The Hall–Kier alpha value is -3.45. The standard InChI is InChI=1S/C21H17ClN4O3/c1-3-26-21(28)19(23-14-8-6-7-13(22)11-14)17(12(2)27)18(25-26)20-24-15-9-4-5-10-16(15)29-20/h4-11,23H,3H2,1-2H3. The number of hydrogen-bond acceptors (Lipinski definition) is 6. The summed E-state index contributed by atoms with van der Waals surface area (Å²) in [7, 11) is 0. The lowest BCUT2D eigenvalue weighted by atomic mass is 10.1. The molecule has 4 rings (SSSR count). The Morgan fingerprint density at radius 1 is 1.21 bits per heavy atom. The highest BCUT2D eigenvalue weighted by Crippen LogP contribution is 2.30. The fourth-order valence-electron chi connectivity index (χ4n) is 3.08. The number of para-hydroxylation sites is 2. The number of halogens is 1. The molecule has 2 heterocycles. The summed E-state index contributed by atoms with van der Waals surface area (Å²) < 4.78 is 7.09. The van der Waals surface area contributed by atoms with E-state index >= 15 is 0 Å². The molecule has 0 spiro atoms. The van der Waals surface area contributed by atoms with E-state index in [9.17, 15) is 9.59 Å². The quantitative estimate of drug-likeness (QED) is 0.482. The van der Waals surface area contributed by atoms with Crippen molar-refractivity contribution in [1.29, 1.82) is 0 Å². The van der Waals surface area contributed by atoms with Gasteiger partial charge in [-0.3, -0.25) is 9.59 Å². The van der Waals surface area contributed by atoms with Crippen LogP contribution in [0.2, 0.25) is 5.02 Å². The first-order chi connectivity index (χ1) is 14.0. The first-order valence-corrected chi connectivity index (χ1v) is 9.40. The van der Waals surface area contributed by atoms with Crippen molar-refractivity contribution >= 4 is 39.9 Å². The fraction of sp³-hybridized carbons (Fsp3) is 0.143. The number of carbonyl (C=O) groups excluding carboxylic acids is 1. The van der Waals surface area contributed by atoms with E-state index < -0.39 is 5.56 Å². The molecule has 0 amide bonds. The van der Waals surface area contributed by atoms with Crippen LogP contribution in [-0.4, -0.2) is 20.5 Å². The number of rotatable bonds is 5. The molecular weight excluding hydrogens is 392 g/mol. The van der Waals surface area contributed by atoms with Crippen molar-refractivity contribution in [2.45, 2.75) is 20.4 Å². The largest absolute Gasteiger partial charge is 0.435 e. The number of aromatic nitrogens is 3. The maximum atomic E-state index is 13.0. The summed E-state index contributed by atoms with van der Waals surface area (Å²) in [5, 5.41) is 7.90. The highest BCUT2D eigenvalue weighted by atomic mass is 35.5. The van der Waals surface area contributed by atoms with E-state index in [-0.39, 0.29) is 28.6 Å².